The number of halogens is 1. The minimum atomic E-state index is -0.0484. The zero-order valence-corrected chi connectivity index (χ0v) is 12.2. The third-order valence-corrected chi connectivity index (χ3v) is 3.94. The predicted molar refractivity (Wildman–Crippen MR) is 74.1 cm³/mol. The van der Waals surface area contributed by atoms with E-state index in [1.54, 1.807) is 0 Å². The van der Waals surface area contributed by atoms with E-state index < -0.39 is 0 Å². The van der Waals surface area contributed by atoms with Gasteiger partial charge in [-0.1, -0.05) is 6.92 Å². The zero-order chi connectivity index (χ0) is 12.3. The van der Waals surface area contributed by atoms with E-state index in [0.717, 1.165) is 25.9 Å². The quantitative estimate of drug-likeness (QED) is 0.792. The van der Waals surface area contributed by atoms with E-state index >= 15 is 0 Å². The summed E-state index contributed by atoms with van der Waals surface area (Å²) in [4.78, 5) is 14.2. The third kappa shape index (κ3) is 3.59. The van der Waals surface area contributed by atoms with Crippen molar-refractivity contribution in [3.8, 4) is 0 Å². The Labute approximate surface area is 116 Å². The van der Waals surface area contributed by atoms with Crippen LogP contribution in [0.5, 0.6) is 0 Å². The van der Waals surface area contributed by atoms with E-state index in [1.165, 1.54) is 12.8 Å². The van der Waals surface area contributed by atoms with Gasteiger partial charge in [-0.05, 0) is 32.6 Å². The Balaban J connectivity index is 0.00000162. The van der Waals surface area contributed by atoms with Crippen molar-refractivity contribution in [3.63, 3.8) is 0 Å². The Bertz CT molecular complexity index is 276. The molecule has 2 rings (SSSR count). The third-order valence-electron chi connectivity index (χ3n) is 3.94. The van der Waals surface area contributed by atoms with Gasteiger partial charge in [-0.15, -0.1) is 12.4 Å². The fraction of sp³-hybridized carbons (Fsp3) is 0.923. The van der Waals surface area contributed by atoms with Gasteiger partial charge in [0.05, 0.1) is 6.61 Å². The number of nitrogens with zero attached hydrogens (tertiary/aromatic N) is 1. The molecule has 0 amide bonds. The van der Waals surface area contributed by atoms with Gasteiger partial charge in [-0.2, -0.15) is 0 Å². The fourth-order valence-electron chi connectivity index (χ4n) is 3.07. The first-order valence-electron chi connectivity index (χ1n) is 6.91. The molecule has 0 aromatic rings. The summed E-state index contributed by atoms with van der Waals surface area (Å²) >= 11 is 0. The average molecular weight is 277 g/mol. The topological polar surface area (TPSA) is 41.6 Å². The monoisotopic (exact) mass is 276 g/mol. The van der Waals surface area contributed by atoms with Crippen LogP contribution in [-0.2, 0) is 9.53 Å². The largest absolute Gasteiger partial charge is 0.465 e. The number of esters is 1. The maximum atomic E-state index is 11.9. The molecule has 106 valence electrons. The molecule has 0 radical (unpaired) electrons. The Kier molecular flexibility index (Phi) is 6.39. The molecule has 0 aromatic carbocycles. The predicted octanol–water partition coefficient (Wildman–Crippen LogP) is 1.58. The summed E-state index contributed by atoms with van der Waals surface area (Å²) in [6.07, 6.45) is 4.55. The molecule has 1 N–H and O–H groups in total. The van der Waals surface area contributed by atoms with Crippen LogP contribution >= 0.6 is 12.4 Å². The molecule has 2 heterocycles. The van der Waals surface area contributed by atoms with Gasteiger partial charge in [0.15, 0.2) is 0 Å². The van der Waals surface area contributed by atoms with E-state index in [9.17, 15) is 4.79 Å². The minimum absolute atomic E-state index is 0. The van der Waals surface area contributed by atoms with Gasteiger partial charge < -0.3 is 10.1 Å². The molecule has 0 spiro atoms. The first kappa shape index (κ1) is 15.7. The van der Waals surface area contributed by atoms with Crippen LogP contribution < -0.4 is 5.32 Å². The van der Waals surface area contributed by atoms with Gasteiger partial charge in [0.25, 0.3) is 0 Å². The number of ether oxygens (including phenoxy) is 1. The van der Waals surface area contributed by atoms with Gasteiger partial charge in [0.1, 0.15) is 6.04 Å². The van der Waals surface area contributed by atoms with Crippen molar-refractivity contribution in [1.29, 1.82) is 0 Å². The summed E-state index contributed by atoms with van der Waals surface area (Å²) in [6.45, 7) is 6.43. The van der Waals surface area contributed by atoms with Crippen molar-refractivity contribution in [2.45, 2.75) is 57.7 Å². The van der Waals surface area contributed by atoms with Gasteiger partial charge in [-0.25, -0.2) is 0 Å². The lowest BCUT2D eigenvalue weighted by Crippen LogP contribution is -2.46. The smallest absolute Gasteiger partial charge is 0.323 e. The highest BCUT2D eigenvalue weighted by molar-refractivity contribution is 5.85. The second-order valence-corrected chi connectivity index (χ2v) is 5.10. The highest BCUT2D eigenvalue weighted by Gasteiger charge is 2.34. The molecule has 3 atom stereocenters. The van der Waals surface area contributed by atoms with Crippen LogP contribution in [-0.4, -0.2) is 48.7 Å². The first-order chi connectivity index (χ1) is 8.24. The van der Waals surface area contributed by atoms with Crippen LogP contribution in [0.4, 0.5) is 0 Å². The summed E-state index contributed by atoms with van der Waals surface area (Å²) in [5.41, 5.74) is 0. The number of rotatable bonds is 4. The van der Waals surface area contributed by atoms with Crippen LogP contribution in [0.15, 0.2) is 0 Å². The molecule has 2 bridgehead atoms. The average Bonchev–Trinajstić information content (AvgIpc) is 2.63. The van der Waals surface area contributed by atoms with E-state index in [1.807, 2.05) is 6.92 Å². The second-order valence-electron chi connectivity index (χ2n) is 5.10. The number of hydrogen-bond donors (Lipinski definition) is 1. The molecular formula is C13H25ClN2O2. The summed E-state index contributed by atoms with van der Waals surface area (Å²) in [5, 5.41) is 3.64. The van der Waals surface area contributed by atoms with Crippen molar-refractivity contribution in [2.24, 2.45) is 0 Å². The van der Waals surface area contributed by atoms with Gasteiger partial charge >= 0.3 is 5.97 Å². The Hall–Kier alpha value is -0.320. The molecule has 0 saturated carbocycles. The van der Waals surface area contributed by atoms with E-state index in [0.29, 0.717) is 18.7 Å². The van der Waals surface area contributed by atoms with Gasteiger partial charge in [0.2, 0.25) is 0 Å². The normalized spacial score (nSPS) is 29.2. The van der Waals surface area contributed by atoms with Crippen molar-refractivity contribution < 1.29 is 9.53 Å². The first-order valence-corrected chi connectivity index (χ1v) is 6.91. The molecule has 2 aliphatic rings. The minimum Gasteiger partial charge on any atom is -0.465 e. The van der Waals surface area contributed by atoms with Crippen molar-refractivity contribution in [3.05, 3.63) is 0 Å². The maximum Gasteiger partial charge on any atom is 0.323 e. The van der Waals surface area contributed by atoms with E-state index in [4.69, 9.17) is 4.74 Å². The molecule has 2 aliphatic heterocycles. The van der Waals surface area contributed by atoms with Crippen LogP contribution in [0, 0.1) is 0 Å². The van der Waals surface area contributed by atoms with Crippen LogP contribution in [0.2, 0.25) is 0 Å². The van der Waals surface area contributed by atoms with Crippen LogP contribution in [0.1, 0.15) is 39.5 Å². The Morgan fingerprint density at radius 2 is 2.06 bits per heavy atom. The highest BCUT2D eigenvalue weighted by atomic mass is 35.5. The highest BCUT2D eigenvalue weighted by Crippen LogP contribution is 2.22. The second kappa shape index (κ2) is 7.31. The molecule has 2 saturated heterocycles. The van der Waals surface area contributed by atoms with Crippen molar-refractivity contribution in [2.75, 3.05) is 19.7 Å². The molecule has 3 unspecified atom stereocenters. The van der Waals surface area contributed by atoms with Crippen LogP contribution in [0.3, 0.4) is 0 Å². The lowest BCUT2D eigenvalue weighted by Gasteiger charge is -2.30. The van der Waals surface area contributed by atoms with E-state index in [-0.39, 0.29) is 24.4 Å². The lowest BCUT2D eigenvalue weighted by atomic mass is 10.1. The SMILES string of the molecule is CCOC(=O)C(CC)N1CCC2CCC(C1)N2.Cl. The van der Waals surface area contributed by atoms with Crippen molar-refractivity contribution >= 4 is 18.4 Å². The molecule has 18 heavy (non-hydrogen) atoms. The molecule has 4 nitrogen and oxygen atoms in total. The number of nitrogens with one attached hydrogen (secondary N) is 1. The van der Waals surface area contributed by atoms with Gasteiger partial charge in [0, 0.05) is 25.2 Å². The lowest BCUT2D eigenvalue weighted by molar-refractivity contribution is -0.149. The summed E-state index contributed by atoms with van der Waals surface area (Å²) in [5.74, 6) is -0.0484. The number of carbonyl (C=O) groups excluding carboxylic acids is 1. The van der Waals surface area contributed by atoms with Gasteiger partial charge in [-0.3, -0.25) is 9.69 Å². The number of fused-ring (bicyclic) bond motifs is 2. The Morgan fingerprint density at radius 1 is 1.33 bits per heavy atom. The fourth-order valence-corrected chi connectivity index (χ4v) is 3.07. The Morgan fingerprint density at radius 3 is 2.72 bits per heavy atom. The molecule has 5 heteroatoms. The number of hydrogen-bond acceptors (Lipinski definition) is 4. The standard InChI is InChI=1S/C13H24N2O2.ClH/c1-3-12(13(16)17-4-2)15-8-7-10-5-6-11(9-15)14-10;/h10-12,14H,3-9H2,1-2H3;1H. The summed E-state index contributed by atoms with van der Waals surface area (Å²) in [6, 6.07) is 1.20. The molecular weight excluding hydrogens is 252 g/mol. The molecule has 0 aliphatic carbocycles. The molecule has 2 fully saturated rings. The number of carbonyl (C=O) groups is 1. The van der Waals surface area contributed by atoms with Crippen molar-refractivity contribution in [1.82, 2.24) is 10.2 Å². The summed E-state index contributed by atoms with van der Waals surface area (Å²) < 4.78 is 5.17. The maximum absolute atomic E-state index is 11.9. The van der Waals surface area contributed by atoms with Crippen LogP contribution in [0.25, 0.3) is 0 Å². The molecule has 0 aromatic heterocycles. The summed E-state index contributed by atoms with van der Waals surface area (Å²) in [7, 11) is 0. The number of likely N-dealkylation sites (tertiary alicyclic amines) is 1. The zero-order valence-electron chi connectivity index (χ0n) is 11.4. The van der Waals surface area contributed by atoms with E-state index in [2.05, 4.69) is 17.1 Å².